The van der Waals surface area contributed by atoms with Crippen LogP contribution in [0.3, 0.4) is 0 Å². The number of carbonyl (C=O) groups excluding carboxylic acids is 2. The molecule has 0 radical (unpaired) electrons. The minimum absolute atomic E-state index is 0.277. The van der Waals surface area contributed by atoms with E-state index in [9.17, 15) is 9.59 Å². The molecule has 0 heterocycles. The molecule has 2 amide bonds. The largest absolute Gasteiger partial charge is 0.352 e. The molecular weight excluding hydrogens is 528 g/mol. The van der Waals surface area contributed by atoms with Gasteiger partial charge in [-0.3, -0.25) is 9.59 Å². The maximum Gasteiger partial charge on any atom is 0.252 e. The molecule has 1 aliphatic rings. The van der Waals surface area contributed by atoms with Crippen molar-refractivity contribution in [2.24, 2.45) is 5.92 Å². The van der Waals surface area contributed by atoms with Gasteiger partial charge in [0, 0.05) is 28.2 Å². The summed E-state index contributed by atoms with van der Waals surface area (Å²) in [6, 6.07) is 9.69. The maximum absolute atomic E-state index is 12.9. The quantitative estimate of drug-likeness (QED) is 0.286. The van der Waals surface area contributed by atoms with Crippen LogP contribution in [0.2, 0.25) is 15.1 Å². The first-order valence-electron chi connectivity index (χ1n) is 10.4. The molecule has 1 saturated carbocycles. The lowest BCUT2D eigenvalue weighted by atomic mass is 10.1. The van der Waals surface area contributed by atoms with Crippen molar-refractivity contribution in [3.05, 3.63) is 62.6 Å². The molecule has 0 saturated heterocycles. The van der Waals surface area contributed by atoms with Gasteiger partial charge < -0.3 is 15.5 Å². The van der Waals surface area contributed by atoms with Crippen LogP contribution in [0, 0.1) is 5.92 Å². The van der Waals surface area contributed by atoms with Crippen molar-refractivity contribution < 1.29 is 9.59 Å². The lowest BCUT2D eigenvalue weighted by Gasteiger charge is -2.11. The van der Waals surface area contributed by atoms with Crippen LogP contribution in [0.5, 0.6) is 0 Å². The molecule has 10 heteroatoms. The molecule has 33 heavy (non-hydrogen) atoms. The first-order valence-corrected chi connectivity index (χ1v) is 12.3. The van der Waals surface area contributed by atoms with Gasteiger partial charge in [0.25, 0.3) is 5.91 Å². The third-order valence-corrected chi connectivity index (χ3v) is 7.08. The summed E-state index contributed by atoms with van der Waals surface area (Å²) in [5, 5.41) is 6.80. The zero-order valence-corrected chi connectivity index (χ0v) is 21.9. The van der Waals surface area contributed by atoms with Gasteiger partial charge in [-0.05, 0) is 75.4 Å². The Hall–Kier alpha value is -1.21. The van der Waals surface area contributed by atoms with Gasteiger partial charge in [-0.25, -0.2) is 0 Å². The van der Waals surface area contributed by atoms with Crippen LogP contribution in [0.25, 0.3) is 0 Å². The minimum atomic E-state index is -1.29. The number of hydrogen-bond donors (Lipinski definition) is 2. The molecule has 178 valence electrons. The highest BCUT2D eigenvalue weighted by molar-refractivity contribution is 6.53. The summed E-state index contributed by atoms with van der Waals surface area (Å²) in [4.78, 5) is 27.6. The lowest BCUT2D eigenvalue weighted by Crippen LogP contribution is -2.26. The Kier molecular flexibility index (Phi) is 8.82. The molecule has 2 aromatic rings. The number of unbranched alkanes of at least 4 members (excludes halogenated alkanes) is 1. The molecule has 2 atom stereocenters. The smallest absolute Gasteiger partial charge is 0.252 e. The Balaban J connectivity index is 1.65. The second-order valence-corrected chi connectivity index (χ2v) is 11.0. The van der Waals surface area contributed by atoms with Crippen LogP contribution in [0.1, 0.15) is 34.7 Å². The fourth-order valence-electron chi connectivity index (χ4n) is 3.67. The van der Waals surface area contributed by atoms with Gasteiger partial charge in [0.15, 0.2) is 0 Å². The fraction of sp³-hybridized carbons (Fsp3) is 0.391. The molecular formula is C23H24Cl5N3O2. The molecule has 1 fully saturated rings. The number of nitrogens with zero attached hydrogens (tertiary/aromatic N) is 1. The average molecular weight is 552 g/mol. The van der Waals surface area contributed by atoms with Gasteiger partial charge in [-0.2, -0.15) is 0 Å². The Morgan fingerprint density at radius 1 is 1.00 bits per heavy atom. The highest BCUT2D eigenvalue weighted by Gasteiger charge is 2.67. The molecule has 1 aliphatic carbocycles. The van der Waals surface area contributed by atoms with Crippen LogP contribution in [-0.4, -0.2) is 48.2 Å². The second-order valence-electron chi connectivity index (χ2n) is 8.28. The van der Waals surface area contributed by atoms with E-state index in [0.717, 1.165) is 19.4 Å². The lowest BCUT2D eigenvalue weighted by molar-refractivity contribution is -0.117. The Morgan fingerprint density at radius 3 is 2.30 bits per heavy atom. The van der Waals surface area contributed by atoms with E-state index < -0.39 is 16.2 Å². The Bertz CT molecular complexity index is 1020. The predicted molar refractivity (Wildman–Crippen MR) is 137 cm³/mol. The molecule has 2 N–H and O–H groups in total. The van der Waals surface area contributed by atoms with Crippen molar-refractivity contribution in [2.45, 2.75) is 23.1 Å². The second kappa shape index (κ2) is 11.0. The van der Waals surface area contributed by atoms with Crippen molar-refractivity contribution in [3.8, 4) is 0 Å². The Morgan fingerprint density at radius 2 is 1.67 bits per heavy atom. The van der Waals surface area contributed by atoms with Crippen LogP contribution in [0.4, 0.5) is 5.69 Å². The average Bonchev–Trinajstić information content (AvgIpc) is 3.30. The number of carbonyl (C=O) groups is 2. The normalized spacial score (nSPS) is 18.8. The van der Waals surface area contributed by atoms with E-state index in [0.29, 0.717) is 32.9 Å². The number of alkyl halides is 2. The van der Waals surface area contributed by atoms with Gasteiger partial charge in [0.05, 0.1) is 16.5 Å². The standard InChI is InChI=1S/C23H24Cl5N3O2/c1-31(2)8-4-3-7-29-21(32)17-12-16(5-6-18(17)26)30-22(33)20-19(23(20,27)28)13-9-14(24)11-15(25)10-13/h5-6,9-12,19-20H,3-4,7-8H2,1-2H3,(H,29,32)(H,30,33). The van der Waals surface area contributed by atoms with Crippen LogP contribution < -0.4 is 10.6 Å². The molecule has 5 nitrogen and oxygen atoms in total. The molecule has 3 rings (SSSR count). The number of anilines is 1. The van der Waals surface area contributed by atoms with Gasteiger partial charge in [0.1, 0.15) is 4.33 Å². The molecule has 0 aromatic heterocycles. The van der Waals surface area contributed by atoms with Crippen molar-refractivity contribution >= 4 is 75.5 Å². The minimum Gasteiger partial charge on any atom is -0.352 e. The first-order chi connectivity index (χ1) is 15.5. The monoisotopic (exact) mass is 549 g/mol. The van der Waals surface area contributed by atoms with Gasteiger partial charge in [-0.15, -0.1) is 23.2 Å². The van der Waals surface area contributed by atoms with Crippen molar-refractivity contribution in [1.82, 2.24) is 10.2 Å². The van der Waals surface area contributed by atoms with Gasteiger partial charge in [-0.1, -0.05) is 34.8 Å². The van der Waals surface area contributed by atoms with E-state index >= 15 is 0 Å². The fourth-order valence-corrected chi connectivity index (χ4v) is 5.24. The Labute approximate surface area is 218 Å². The van der Waals surface area contributed by atoms with E-state index in [1.54, 1.807) is 30.3 Å². The zero-order chi connectivity index (χ0) is 24.3. The highest BCUT2D eigenvalue weighted by atomic mass is 35.5. The topological polar surface area (TPSA) is 61.4 Å². The van der Waals surface area contributed by atoms with Crippen LogP contribution >= 0.6 is 58.0 Å². The van der Waals surface area contributed by atoms with E-state index in [2.05, 4.69) is 15.5 Å². The van der Waals surface area contributed by atoms with E-state index in [4.69, 9.17) is 58.0 Å². The number of rotatable bonds is 9. The summed E-state index contributed by atoms with van der Waals surface area (Å²) >= 11 is 31.2. The molecule has 0 bridgehead atoms. The molecule has 0 spiro atoms. The predicted octanol–water partition coefficient (Wildman–Crippen LogP) is 6.24. The summed E-state index contributed by atoms with van der Waals surface area (Å²) in [6.45, 7) is 1.48. The maximum atomic E-state index is 12.9. The molecule has 2 unspecified atom stereocenters. The van der Waals surface area contributed by atoms with Crippen molar-refractivity contribution in [2.75, 3.05) is 32.5 Å². The highest BCUT2D eigenvalue weighted by Crippen LogP contribution is 2.65. The third kappa shape index (κ3) is 6.68. The first kappa shape index (κ1) is 26.4. The number of hydrogen-bond acceptors (Lipinski definition) is 3. The number of nitrogens with one attached hydrogen (secondary N) is 2. The molecule has 0 aliphatic heterocycles. The summed E-state index contributed by atoms with van der Waals surface area (Å²) < 4.78 is -1.29. The van der Waals surface area contributed by atoms with Crippen LogP contribution in [-0.2, 0) is 4.79 Å². The molecule has 2 aromatic carbocycles. The van der Waals surface area contributed by atoms with Crippen LogP contribution in [0.15, 0.2) is 36.4 Å². The van der Waals surface area contributed by atoms with Crippen molar-refractivity contribution in [3.63, 3.8) is 0 Å². The summed E-state index contributed by atoms with van der Waals surface area (Å²) in [6.07, 6.45) is 1.82. The van der Waals surface area contributed by atoms with E-state index in [1.807, 2.05) is 14.1 Å². The summed E-state index contributed by atoms with van der Waals surface area (Å²) in [5.74, 6) is -1.85. The number of halogens is 5. The van der Waals surface area contributed by atoms with E-state index in [-0.39, 0.29) is 17.4 Å². The number of benzene rings is 2. The van der Waals surface area contributed by atoms with Gasteiger partial charge in [0.2, 0.25) is 5.91 Å². The summed E-state index contributed by atoms with van der Waals surface area (Å²) in [7, 11) is 4.01. The number of amides is 2. The summed E-state index contributed by atoms with van der Waals surface area (Å²) in [5.41, 5.74) is 1.38. The van der Waals surface area contributed by atoms with Crippen molar-refractivity contribution in [1.29, 1.82) is 0 Å². The van der Waals surface area contributed by atoms with Gasteiger partial charge >= 0.3 is 0 Å². The van der Waals surface area contributed by atoms with E-state index in [1.165, 1.54) is 6.07 Å². The third-order valence-electron chi connectivity index (χ3n) is 5.38. The SMILES string of the molecule is CN(C)CCCCNC(=O)c1cc(NC(=O)C2C(c3cc(Cl)cc(Cl)c3)C2(Cl)Cl)ccc1Cl. The zero-order valence-electron chi connectivity index (χ0n) is 18.1.